The zero-order valence-electron chi connectivity index (χ0n) is 15.7. The fourth-order valence-corrected chi connectivity index (χ4v) is 3.87. The SMILES string of the molecule is NC1CCN(C(=O)c2ccc3ncoc3c2)C[C@H]1c1cc(C(F)F)nc2ncnn12. The van der Waals surface area contributed by atoms with Crippen LogP contribution in [0, 0.1) is 0 Å². The number of amides is 1. The smallest absolute Gasteiger partial charge is 0.280 e. The van der Waals surface area contributed by atoms with Crippen LogP contribution in [0.3, 0.4) is 0 Å². The summed E-state index contributed by atoms with van der Waals surface area (Å²) in [5.74, 6) is -0.515. The molecule has 1 fully saturated rings. The number of likely N-dealkylation sites (tertiary alicyclic amines) is 1. The van der Waals surface area contributed by atoms with E-state index in [1.54, 1.807) is 23.1 Å². The number of carbonyl (C=O) groups excluding carboxylic acids is 1. The van der Waals surface area contributed by atoms with E-state index in [0.717, 1.165) is 0 Å². The van der Waals surface area contributed by atoms with Crippen molar-refractivity contribution >= 4 is 22.8 Å². The number of hydrogen-bond donors (Lipinski definition) is 1. The summed E-state index contributed by atoms with van der Waals surface area (Å²) in [5, 5.41) is 4.10. The minimum Gasteiger partial charge on any atom is -0.443 e. The molecule has 4 aromatic rings. The highest BCUT2D eigenvalue weighted by Crippen LogP contribution is 2.30. The van der Waals surface area contributed by atoms with Crippen molar-refractivity contribution in [1.29, 1.82) is 0 Å². The molecule has 30 heavy (non-hydrogen) atoms. The van der Waals surface area contributed by atoms with Gasteiger partial charge in [0.2, 0.25) is 0 Å². The molecule has 1 amide bonds. The molecule has 3 aromatic heterocycles. The second kappa shape index (κ2) is 7.10. The van der Waals surface area contributed by atoms with E-state index in [-0.39, 0.29) is 24.3 Å². The van der Waals surface area contributed by atoms with Crippen LogP contribution in [0.15, 0.2) is 41.4 Å². The second-order valence-corrected chi connectivity index (χ2v) is 7.22. The van der Waals surface area contributed by atoms with E-state index in [4.69, 9.17) is 10.2 Å². The second-order valence-electron chi connectivity index (χ2n) is 7.22. The van der Waals surface area contributed by atoms with Crippen LogP contribution in [0.4, 0.5) is 8.78 Å². The summed E-state index contributed by atoms with van der Waals surface area (Å²) in [7, 11) is 0. The minimum absolute atomic E-state index is 0.0780. The Bertz CT molecular complexity index is 1240. The van der Waals surface area contributed by atoms with Gasteiger partial charge in [-0.25, -0.2) is 23.3 Å². The fourth-order valence-electron chi connectivity index (χ4n) is 3.87. The van der Waals surface area contributed by atoms with Gasteiger partial charge >= 0.3 is 0 Å². The molecular weight excluding hydrogens is 396 g/mol. The Balaban J connectivity index is 1.48. The molecule has 0 radical (unpaired) electrons. The van der Waals surface area contributed by atoms with Crippen molar-refractivity contribution in [2.75, 3.05) is 13.1 Å². The first kappa shape index (κ1) is 18.6. The maximum atomic E-state index is 13.3. The molecule has 0 bridgehead atoms. The lowest BCUT2D eigenvalue weighted by Crippen LogP contribution is -2.48. The number of oxazole rings is 1. The maximum absolute atomic E-state index is 13.3. The van der Waals surface area contributed by atoms with Crippen molar-refractivity contribution in [2.24, 2.45) is 5.73 Å². The molecule has 0 aliphatic carbocycles. The molecular formula is C19H17F2N7O2. The van der Waals surface area contributed by atoms with Crippen LogP contribution in [0.5, 0.6) is 0 Å². The third kappa shape index (κ3) is 3.07. The van der Waals surface area contributed by atoms with Crippen molar-refractivity contribution in [1.82, 2.24) is 29.5 Å². The normalized spacial score (nSPS) is 19.8. The van der Waals surface area contributed by atoms with E-state index in [2.05, 4.69) is 20.1 Å². The number of aromatic nitrogens is 5. The van der Waals surface area contributed by atoms with Gasteiger partial charge in [-0.15, -0.1) is 0 Å². The van der Waals surface area contributed by atoms with Gasteiger partial charge in [0.1, 0.15) is 17.5 Å². The Labute approximate surface area is 168 Å². The van der Waals surface area contributed by atoms with Gasteiger partial charge in [0.15, 0.2) is 12.0 Å². The van der Waals surface area contributed by atoms with Gasteiger partial charge in [0, 0.05) is 30.6 Å². The van der Waals surface area contributed by atoms with Crippen molar-refractivity contribution in [3.63, 3.8) is 0 Å². The van der Waals surface area contributed by atoms with Crippen molar-refractivity contribution in [2.45, 2.75) is 24.8 Å². The summed E-state index contributed by atoms with van der Waals surface area (Å²) in [4.78, 5) is 26.6. The van der Waals surface area contributed by atoms with E-state index in [9.17, 15) is 13.6 Å². The van der Waals surface area contributed by atoms with Gasteiger partial charge in [0.25, 0.3) is 18.1 Å². The number of nitrogens with two attached hydrogens (primary N) is 1. The van der Waals surface area contributed by atoms with Crippen LogP contribution in [0.1, 0.15) is 40.5 Å². The van der Waals surface area contributed by atoms with Crippen LogP contribution in [-0.2, 0) is 0 Å². The molecule has 9 nitrogen and oxygen atoms in total. The van der Waals surface area contributed by atoms with E-state index in [0.29, 0.717) is 35.3 Å². The summed E-state index contributed by atoms with van der Waals surface area (Å²) in [5.41, 5.74) is 8.04. The molecule has 154 valence electrons. The van der Waals surface area contributed by atoms with Gasteiger partial charge in [-0.3, -0.25) is 4.79 Å². The lowest BCUT2D eigenvalue weighted by atomic mass is 9.89. The Morgan fingerprint density at radius 1 is 1.27 bits per heavy atom. The van der Waals surface area contributed by atoms with Gasteiger partial charge in [-0.2, -0.15) is 10.1 Å². The first-order valence-electron chi connectivity index (χ1n) is 9.38. The predicted octanol–water partition coefficient (Wildman–Crippen LogP) is 2.16. The Morgan fingerprint density at radius 2 is 2.13 bits per heavy atom. The molecule has 0 saturated carbocycles. The van der Waals surface area contributed by atoms with Crippen LogP contribution < -0.4 is 5.73 Å². The Morgan fingerprint density at radius 3 is 2.97 bits per heavy atom. The molecule has 1 aliphatic heterocycles. The molecule has 1 unspecified atom stereocenters. The van der Waals surface area contributed by atoms with E-state index in [1.165, 1.54) is 23.3 Å². The van der Waals surface area contributed by atoms with Crippen LogP contribution in [-0.4, -0.2) is 54.5 Å². The molecule has 5 rings (SSSR count). The molecule has 2 atom stereocenters. The number of fused-ring (bicyclic) bond motifs is 2. The van der Waals surface area contributed by atoms with Gasteiger partial charge < -0.3 is 15.1 Å². The molecule has 4 heterocycles. The summed E-state index contributed by atoms with van der Waals surface area (Å²) in [6.45, 7) is 0.717. The lowest BCUT2D eigenvalue weighted by molar-refractivity contribution is 0.0691. The maximum Gasteiger partial charge on any atom is 0.280 e. The first-order valence-corrected chi connectivity index (χ1v) is 9.38. The zero-order chi connectivity index (χ0) is 20.8. The molecule has 1 saturated heterocycles. The number of rotatable bonds is 3. The number of nitrogens with zero attached hydrogens (tertiary/aromatic N) is 6. The van der Waals surface area contributed by atoms with E-state index in [1.807, 2.05) is 0 Å². The summed E-state index contributed by atoms with van der Waals surface area (Å²) < 4.78 is 33.4. The quantitative estimate of drug-likeness (QED) is 0.547. The number of carbonyl (C=O) groups is 1. The highest BCUT2D eigenvalue weighted by molar-refractivity contribution is 5.97. The monoisotopic (exact) mass is 413 g/mol. The summed E-state index contributed by atoms with van der Waals surface area (Å²) >= 11 is 0. The Hall–Kier alpha value is -3.47. The Kier molecular flexibility index (Phi) is 4.39. The number of hydrogen-bond acceptors (Lipinski definition) is 7. The molecule has 11 heteroatoms. The van der Waals surface area contributed by atoms with Crippen molar-refractivity contribution < 1.29 is 18.0 Å². The van der Waals surface area contributed by atoms with E-state index >= 15 is 0 Å². The highest BCUT2D eigenvalue weighted by atomic mass is 19.3. The molecule has 2 N–H and O–H groups in total. The van der Waals surface area contributed by atoms with Gasteiger partial charge in [-0.1, -0.05) is 0 Å². The highest BCUT2D eigenvalue weighted by Gasteiger charge is 2.33. The van der Waals surface area contributed by atoms with Crippen molar-refractivity contribution in [3.8, 4) is 0 Å². The largest absolute Gasteiger partial charge is 0.443 e. The third-order valence-corrected chi connectivity index (χ3v) is 5.43. The summed E-state index contributed by atoms with van der Waals surface area (Å²) in [6, 6.07) is 6.02. The topological polar surface area (TPSA) is 115 Å². The number of piperidine rings is 1. The number of halogens is 2. The average Bonchev–Trinajstić information content (AvgIpc) is 3.41. The number of benzene rings is 1. The third-order valence-electron chi connectivity index (χ3n) is 5.43. The van der Waals surface area contributed by atoms with Crippen LogP contribution in [0.25, 0.3) is 16.9 Å². The first-order chi connectivity index (χ1) is 14.5. The standard InChI is InChI=1S/C19H17F2N7O2/c20-17(21)14-6-15(28-19(26-14)23-8-25-28)11-7-27(4-3-12(11)22)18(29)10-1-2-13-16(5-10)30-9-24-13/h1-2,5-6,8-9,11-12,17H,3-4,7,22H2/t11-,12?/m1/s1. The van der Waals surface area contributed by atoms with Gasteiger partial charge in [0.05, 0.1) is 5.69 Å². The number of alkyl halides is 2. The molecule has 0 spiro atoms. The fraction of sp³-hybridized carbons (Fsp3) is 0.316. The van der Waals surface area contributed by atoms with Gasteiger partial charge in [-0.05, 0) is 30.7 Å². The summed E-state index contributed by atoms with van der Waals surface area (Å²) in [6.07, 6.45) is 0.341. The van der Waals surface area contributed by atoms with Crippen molar-refractivity contribution in [3.05, 3.63) is 53.9 Å². The average molecular weight is 413 g/mol. The molecule has 1 aliphatic rings. The minimum atomic E-state index is -2.75. The van der Waals surface area contributed by atoms with E-state index < -0.39 is 18.0 Å². The zero-order valence-corrected chi connectivity index (χ0v) is 15.7. The predicted molar refractivity (Wildman–Crippen MR) is 101 cm³/mol. The molecule has 1 aromatic carbocycles. The lowest BCUT2D eigenvalue weighted by Gasteiger charge is -2.37. The van der Waals surface area contributed by atoms with Crippen LogP contribution >= 0.6 is 0 Å². The van der Waals surface area contributed by atoms with Crippen LogP contribution in [0.2, 0.25) is 0 Å².